The number of hydrogen-bond acceptors (Lipinski definition) is 4. The summed E-state index contributed by atoms with van der Waals surface area (Å²) in [7, 11) is 0. The molecule has 2 fully saturated rings. The highest BCUT2D eigenvalue weighted by Gasteiger charge is 2.33. The van der Waals surface area contributed by atoms with Crippen molar-refractivity contribution in [3.63, 3.8) is 0 Å². The molecule has 0 aliphatic carbocycles. The van der Waals surface area contributed by atoms with Crippen LogP contribution in [0.25, 0.3) is 0 Å². The molecule has 0 bridgehead atoms. The van der Waals surface area contributed by atoms with Gasteiger partial charge in [0, 0.05) is 31.2 Å². The first kappa shape index (κ1) is 20.8. The lowest BCUT2D eigenvalue weighted by Crippen LogP contribution is -2.55. The maximum absolute atomic E-state index is 13.9. The normalized spacial score (nSPS) is 21.1. The number of halogens is 2. The SMILES string of the molecule is O=C1CO[C@H](COc2ccc(F)cc2)CN1C1CCN(Cc2ccccc2F)CC1. The Hall–Kier alpha value is -2.51. The average Bonchev–Trinajstić information content (AvgIpc) is 2.76. The second kappa shape index (κ2) is 9.53. The van der Waals surface area contributed by atoms with Crippen molar-refractivity contribution < 1.29 is 23.0 Å². The van der Waals surface area contributed by atoms with E-state index < -0.39 is 0 Å². The van der Waals surface area contributed by atoms with Gasteiger partial charge in [0.2, 0.25) is 5.91 Å². The van der Waals surface area contributed by atoms with Gasteiger partial charge in [0.05, 0.1) is 6.54 Å². The van der Waals surface area contributed by atoms with E-state index in [0.717, 1.165) is 25.9 Å². The molecule has 2 aliphatic heterocycles. The Labute approximate surface area is 175 Å². The predicted octanol–water partition coefficient (Wildman–Crippen LogP) is 3.24. The van der Waals surface area contributed by atoms with Gasteiger partial charge in [-0.05, 0) is 43.2 Å². The number of amides is 1. The zero-order chi connectivity index (χ0) is 20.9. The van der Waals surface area contributed by atoms with Crippen LogP contribution in [0.3, 0.4) is 0 Å². The maximum atomic E-state index is 13.9. The third-order valence-corrected chi connectivity index (χ3v) is 5.76. The average molecular weight is 416 g/mol. The quantitative estimate of drug-likeness (QED) is 0.725. The number of morpholine rings is 1. The van der Waals surface area contributed by atoms with Crippen molar-refractivity contribution in [2.45, 2.75) is 31.5 Å². The molecule has 0 spiro atoms. The lowest BCUT2D eigenvalue weighted by atomic mass is 10.0. The molecule has 7 heteroatoms. The summed E-state index contributed by atoms with van der Waals surface area (Å²) in [5, 5.41) is 0. The molecule has 2 saturated heterocycles. The van der Waals surface area contributed by atoms with Gasteiger partial charge in [-0.1, -0.05) is 18.2 Å². The Balaban J connectivity index is 1.27. The largest absolute Gasteiger partial charge is 0.491 e. The lowest BCUT2D eigenvalue weighted by Gasteiger charge is -2.42. The van der Waals surface area contributed by atoms with Gasteiger partial charge >= 0.3 is 0 Å². The number of carbonyl (C=O) groups excluding carboxylic acids is 1. The third-order valence-electron chi connectivity index (χ3n) is 5.76. The van der Waals surface area contributed by atoms with Crippen LogP contribution < -0.4 is 4.74 Å². The molecule has 0 unspecified atom stereocenters. The second-order valence-electron chi connectivity index (χ2n) is 7.84. The van der Waals surface area contributed by atoms with E-state index in [9.17, 15) is 13.6 Å². The van der Waals surface area contributed by atoms with Crippen LogP contribution in [0.5, 0.6) is 5.75 Å². The van der Waals surface area contributed by atoms with Gasteiger partial charge in [-0.25, -0.2) is 8.78 Å². The van der Waals surface area contributed by atoms with Gasteiger partial charge in [-0.2, -0.15) is 0 Å². The molecule has 0 saturated carbocycles. The van der Waals surface area contributed by atoms with Crippen molar-refractivity contribution in [2.75, 3.05) is 32.8 Å². The molecule has 1 atom stereocenters. The Morgan fingerprint density at radius 3 is 2.50 bits per heavy atom. The number of hydrogen-bond donors (Lipinski definition) is 0. The molecule has 30 heavy (non-hydrogen) atoms. The van der Waals surface area contributed by atoms with E-state index >= 15 is 0 Å². The fourth-order valence-electron chi connectivity index (χ4n) is 4.08. The zero-order valence-electron chi connectivity index (χ0n) is 16.8. The van der Waals surface area contributed by atoms with Crippen LogP contribution in [0.4, 0.5) is 8.78 Å². The van der Waals surface area contributed by atoms with Gasteiger partial charge in [0.1, 0.15) is 36.7 Å². The summed E-state index contributed by atoms with van der Waals surface area (Å²) in [5.74, 6) is 0.0897. The molecule has 0 radical (unpaired) electrons. The standard InChI is InChI=1S/C23H26F2N2O3/c24-18-5-7-20(8-6-18)29-15-21-14-27(23(28)16-30-21)19-9-11-26(12-10-19)13-17-3-1-2-4-22(17)25/h1-8,19,21H,9-16H2/t21-/m0/s1. The Bertz CT molecular complexity index is 854. The molecule has 5 nitrogen and oxygen atoms in total. The smallest absolute Gasteiger partial charge is 0.248 e. The molecular formula is C23H26F2N2O3. The van der Waals surface area contributed by atoms with Crippen molar-refractivity contribution in [1.29, 1.82) is 0 Å². The molecule has 0 N–H and O–H groups in total. The van der Waals surface area contributed by atoms with Crippen molar-refractivity contribution in [1.82, 2.24) is 9.80 Å². The summed E-state index contributed by atoms with van der Waals surface area (Å²) in [6, 6.07) is 12.9. The van der Waals surface area contributed by atoms with Crippen LogP contribution in [-0.4, -0.2) is 60.7 Å². The van der Waals surface area contributed by atoms with E-state index in [0.29, 0.717) is 31.0 Å². The number of ether oxygens (including phenoxy) is 2. The third kappa shape index (κ3) is 5.15. The molecule has 2 aromatic carbocycles. The van der Waals surface area contributed by atoms with Crippen LogP contribution in [0, 0.1) is 11.6 Å². The van der Waals surface area contributed by atoms with Gasteiger partial charge < -0.3 is 14.4 Å². The number of carbonyl (C=O) groups is 1. The fraction of sp³-hybridized carbons (Fsp3) is 0.435. The van der Waals surface area contributed by atoms with Gasteiger partial charge in [0.15, 0.2) is 0 Å². The van der Waals surface area contributed by atoms with E-state index in [1.807, 2.05) is 17.0 Å². The van der Waals surface area contributed by atoms with Crippen LogP contribution in [-0.2, 0) is 16.1 Å². The first-order valence-corrected chi connectivity index (χ1v) is 10.3. The van der Waals surface area contributed by atoms with Crippen LogP contribution in [0.1, 0.15) is 18.4 Å². The number of rotatable bonds is 6. The summed E-state index contributed by atoms with van der Waals surface area (Å²) in [5.41, 5.74) is 0.705. The molecule has 2 aliphatic rings. The molecule has 0 aromatic heterocycles. The van der Waals surface area contributed by atoms with Crippen molar-refractivity contribution in [2.24, 2.45) is 0 Å². The fourth-order valence-corrected chi connectivity index (χ4v) is 4.08. The summed E-state index contributed by atoms with van der Waals surface area (Å²) in [6.07, 6.45) is 1.49. The molecule has 1 amide bonds. The van der Waals surface area contributed by atoms with Crippen molar-refractivity contribution >= 4 is 5.91 Å². The highest BCUT2D eigenvalue weighted by molar-refractivity contribution is 5.78. The van der Waals surface area contributed by atoms with Gasteiger partial charge in [0.25, 0.3) is 0 Å². The van der Waals surface area contributed by atoms with Gasteiger partial charge in [-0.15, -0.1) is 0 Å². The highest BCUT2D eigenvalue weighted by Crippen LogP contribution is 2.22. The number of likely N-dealkylation sites (tertiary alicyclic amines) is 1. The monoisotopic (exact) mass is 416 g/mol. The summed E-state index contributed by atoms with van der Waals surface area (Å²) < 4.78 is 38.2. The summed E-state index contributed by atoms with van der Waals surface area (Å²) >= 11 is 0. The minimum absolute atomic E-state index is 0.000543. The van der Waals surface area contributed by atoms with Crippen LogP contribution >= 0.6 is 0 Å². The first-order valence-electron chi connectivity index (χ1n) is 10.3. The molecular weight excluding hydrogens is 390 g/mol. The van der Waals surface area contributed by atoms with Crippen molar-refractivity contribution in [3.8, 4) is 5.75 Å². The molecule has 160 valence electrons. The second-order valence-corrected chi connectivity index (χ2v) is 7.84. The number of piperidine rings is 1. The Morgan fingerprint density at radius 2 is 1.77 bits per heavy atom. The molecule has 2 heterocycles. The van der Waals surface area contributed by atoms with Crippen LogP contribution in [0.15, 0.2) is 48.5 Å². The van der Waals surface area contributed by atoms with Gasteiger partial charge in [-0.3, -0.25) is 9.69 Å². The highest BCUT2D eigenvalue weighted by atomic mass is 19.1. The maximum Gasteiger partial charge on any atom is 0.248 e. The first-order chi connectivity index (χ1) is 14.6. The van der Waals surface area contributed by atoms with E-state index in [-0.39, 0.29) is 36.3 Å². The van der Waals surface area contributed by atoms with Crippen molar-refractivity contribution in [3.05, 3.63) is 65.7 Å². The van der Waals surface area contributed by atoms with Crippen LogP contribution in [0.2, 0.25) is 0 Å². The Kier molecular flexibility index (Phi) is 6.59. The topological polar surface area (TPSA) is 42.0 Å². The lowest BCUT2D eigenvalue weighted by molar-refractivity contribution is -0.155. The van der Waals surface area contributed by atoms with E-state index in [4.69, 9.17) is 9.47 Å². The minimum atomic E-state index is -0.311. The molecule has 2 aromatic rings. The Morgan fingerprint density at radius 1 is 1.03 bits per heavy atom. The van der Waals surface area contributed by atoms with E-state index in [1.54, 1.807) is 18.2 Å². The minimum Gasteiger partial charge on any atom is -0.491 e. The zero-order valence-corrected chi connectivity index (χ0v) is 16.8. The number of benzene rings is 2. The summed E-state index contributed by atoms with van der Waals surface area (Å²) in [4.78, 5) is 16.6. The van der Waals surface area contributed by atoms with E-state index in [2.05, 4.69) is 4.90 Å². The summed E-state index contributed by atoms with van der Waals surface area (Å²) in [6.45, 7) is 3.07. The molecule has 4 rings (SSSR count). The number of nitrogens with zero attached hydrogens (tertiary/aromatic N) is 2. The van der Waals surface area contributed by atoms with E-state index in [1.165, 1.54) is 18.2 Å². The predicted molar refractivity (Wildman–Crippen MR) is 108 cm³/mol.